The molecule has 1 aromatic heterocycles. The summed E-state index contributed by atoms with van der Waals surface area (Å²) in [5.74, 6) is -1.06. The minimum Gasteiger partial charge on any atom is -0.493 e. The molecule has 0 fully saturated rings. The van der Waals surface area contributed by atoms with Gasteiger partial charge < -0.3 is 15.4 Å². The lowest BCUT2D eigenvalue weighted by molar-refractivity contribution is 0.0991. The number of aromatic nitrogens is 1. The molecule has 7 nitrogen and oxygen atoms in total. The van der Waals surface area contributed by atoms with Crippen LogP contribution < -0.4 is 5.32 Å². The predicted molar refractivity (Wildman–Crippen MR) is 117 cm³/mol. The van der Waals surface area contributed by atoms with E-state index in [9.17, 15) is 14.7 Å². The number of aromatic hydroxyl groups is 1. The minimum atomic E-state index is -0.602. The fourth-order valence-corrected chi connectivity index (χ4v) is 3.27. The van der Waals surface area contributed by atoms with Crippen molar-refractivity contribution in [1.82, 2.24) is 4.98 Å². The molecule has 4 aromatic rings. The monoisotopic (exact) mass is 462 g/mol. The van der Waals surface area contributed by atoms with Crippen molar-refractivity contribution < 1.29 is 14.7 Å². The van der Waals surface area contributed by atoms with Gasteiger partial charge in [0, 0.05) is 26.7 Å². The molecule has 4 rings (SSSR count). The Balaban J connectivity index is 1.55. The molecule has 0 aliphatic heterocycles. The van der Waals surface area contributed by atoms with Crippen molar-refractivity contribution in [2.45, 2.75) is 0 Å². The van der Waals surface area contributed by atoms with E-state index in [-0.39, 0.29) is 23.0 Å². The molecule has 0 bridgehead atoms. The first-order chi connectivity index (χ1) is 14.5. The van der Waals surface area contributed by atoms with Gasteiger partial charge >= 0.3 is 0 Å². The van der Waals surface area contributed by atoms with E-state index in [0.29, 0.717) is 22.2 Å². The minimum absolute atomic E-state index is 0.174. The third-order valence-corrected chi connectivity index (χ3v) is 4.85. The predicted octanol–water partition coefficient (Wildman–Crippen LogP) is 5.81. The highest BCUT2D eigenvalue weighted by atomic mass is 79.9. The lowest BCUT2D eigenvalue weighted by Gasteiger charge is -2.06. The van der Waals surface area contributed by atoms with Gasteiger partial charge in [-0.3, -0.25) is 9.59 Å². The first-order valence-corrected chi connectivity index (χ1v) is 9.73. The Hall–Kier alpha value is -3.78. The molecule has 0 saturated heterocycles. The molecule has 2 amide bonds. The lowest BCUT2D eigenvalue weighted by Crippen LogP contribution is -2.12. The van der Waals surface area contributed by atoms with Crippen molar-refractivity contribution in [3.63, 3.8) is 0 Å². The van der Waals surface area contributed by atoms with E-state index in [1.165, 1.54) is 6.07 Å². The summed E-state index contributed by atoms with van der Waals surface area (Å²) in [5.41, 5.74) is 2.07. The number of hydrogen-bond acceptors (Lipinski definition) is 4. The van der Waals surface area contributed by atoms with Crippen molar-refractivity contribution >= 4 is 50.0 Å². The third-order valence-electron chi connectivity index (χ3n) is 4.36. The Morgan fingerprint density at radius 2 is 1.70 bits per heavy atom. The first kappa shape index (κ1) is 19.5. The summed E-state index contributed by atoms with van der Waals surface area (Å²) in [4.78, 5) is 27.6. The summed E-state index contributed by atoms with van der Waals surface area (Å²) in [6.45, 7) is 0. The number of halogens is 1. The van der Waals surface area contributed by atoms with Crippen molar-refractivity contribution in [3.8, 4) is 5.88 Å². The highest BCUT2D eigenvalue weighted by molar-refractivity contribution is 9.10. The number of carbonyl (C=O) groups is 2. The molecule has 8 heteroatoms. The first-order valence-electron chi connectivity index (χ1n) is 8.94. The zero-order valence-electron chi connectivity index (χ0n) is 15.5. The van der Waals surface area contributed by atoms with Gasteiger partial charge in [0.15, 0.2) is 5.69 Å². The van der Waals surface area contributed by atoms with Gasteiger partial charge in [-0.2, -0.15) is 0 Å². The number of fused-ring (bicyclic) bond motifs is 1. The fraction of sp³-hybridized carbons (Fsp3) is 0. The molecule has 0 atom stereocenters. The van der Waals surface area contributed by atoms with Gasteiger partial charge in [0.25, 0.3) is 11.8 Å². The topological polar surface area (TPSA) is 107 Å². The van der Waals surface area contributed by atoms with Crippen LogP contribution in [0.4, 0.5) is 11.4 Å². The van der Waals surface area contributed by atoms with Crippen LogP contribution in [0.1, 0.15) is 20.7 Å². The average Bonchev–Trinajstić information content (AvgIpc) is 3.07. The summed E-state index contributed by atoms with van der Waals surface area (Å²) in [6, 6.07) is 20.5. The van der Waals surface area contributed by atoms with Crippen LogP contribution in [0.25, 0.3) is 10.9 Å². The molecule has 0 radical (unpaired) electrons. The molecular formula is C22H15BrN4O3. The highest BCUT2D eigenvalue weighted by Crippen LogP contribution is 2.36. The molecule has 0 spiro atoms. The van der Waals surface area contributed by atoms with E-state index in [1.807, 2.05) is 12.1 Å². The molecular weight excluding hydrogens is 448 g/mol. The van der Waals surface area contributed by atoms with Crippen LogP contribution in [0.2, 0.25) is 0 Å². The summed E-state index contributed by atoms with van der Waals surface area (Å²) in [7, 11) is 0. The number of benzene rings is 3. The van der Waals surface area contributed by atoms with Gasteiger partial charge in [0.2, 0.25) is 5.88 Å². The lowest BCUT2D eigenvalue weighted by atomic mass is 10.1. The second kappa shape index (κ2) is 8.30. The van der Waals surface area contributed by atoms with E-state index < -0.39 is 5.91 Å². The molecule has 30 heavy (non-hydrogen) atoms. The van der Waals surface area contributed by atoms with Gasteiger partial charge in [-0.05, 0) is 48.5 Å². The van der Waals surface area contributed by atoms with Gasteiger partial charge in [-0.15, -0.1) is 10.2 Å². The Kier molecular flexibility index (Phi) is 5.40. The van der Waals surface area contributed by atoms with Crippen LogP contribution in [-0.2, 0) is 0 Å². The maximum Gasteiger partial charge on any atom is 0.295 e. The summed E-state index contributed by atoms with van der Waals surface area (Å²) >= 11 is 3.37. The third kappa shape index (κ3) is 4.13. The second-order valence-corrected chi connectivity index (χ2v) is 7.33. The summed E-state index contributed by atoms with van der Waals surface area (Å²) in [6.07, 6.45) is 0. The number of amides is 2. The molecule has 1 heterocycles. The normalized spacial score (nSPS) is 11.1. The Morgan fingerprint density at radius 3 is 2.50 bits per heavy atom. The summed E-state index contributed by atoms with van der Waals surface area (Å²) in [5, 5.41) is 21.1. The SMILES string of the molecule is O=C(N=Nc1c(O)[nH]c2ccc(Br)cc12)c1cccc(NC(=O)c2ccccc2)c1. The van der Waals surface area contributed by atoms with Crippen LogP contribution in [0.15, 0.2) is 87.5 Å². The van der Waals surface area contributed by atoms with E-state index in [1.54, 1.807) is 54.6 Å². The Morgan fingerprint density at radius 1 is 0.933 bits per heavy atom. The van der Waals surface area contributed by atoms with Crippen molar-refractivity contribution in [3.05, 3.63) is 88.4 Å². The average molecular weight is 463 g/mol. The fourth-order valence-electron chi connectivity index (χ4n) is 2.91. The zero-order chi connectivity index (χ0) is 21.1. The van der Waals surface area contributed by atoms with Gasteiger partial charge in [-0.1, -0.05) is 40.2 Å². The maximum absolute atomic E-state index is 12.5. The van der Waals surface area contributed by atoms with Gasteiger partial charge in [-0.25, -0.2) is 0 Å². The van der Waals surface area contributed by atoms with Gasteiger partial charge in [0.05, 0.1) is 5.52 Å². The number of H-pyrrole nitrogens is 1. The van der Waals surface area contributed by atoms with Crippen molar-refractivity contribution in [1.29, 1.82) is 0 Å². The smallest absolute Gasteiger partial charge is 0.295 e. The Labute approximate surface area is 179 Å². The molecule has 0 saturated carbocycles. The number of nitrogens with zero attached hydrogens (tertiary/aromatic N) is 2. The Bertz CT molecular complexity index is 1280. The molecule has 0 aliphatic rings. The summed E-state index contributed by atoms with van der Waals surface area (Å²) < 4.78 is 0.804. The van der Waals surface area contributed by atoms with E-state index in [0.717, 1.165) is 4.47 Å². The number of nitrogens with one attached hydrogen (secondary N) is 2. The maximum atomic E-state index is 12.5. The number of rotatable bonds is 4. The quantitative estimate of drug-likeness (QED) is 0.333. The molecule has 0 aliphatic carbocycles. The second-order valence-electron chi connectivity index (χ2n) is 6.42. The van der Waals surface area contributed by atoms with E-state index in [2.05, 4.69) is 36.5 Å². The number of anilines is 1. The van der Waals surface area contributed by atoms with Crippen LogP contribution in [-0.4, -0.2) is 21.9 Å². The number of carbonyl (C=O) groups excluding carboxylic acids is 2. The number of hydrogen-bond donors (Lipinski definition) is 3. The van der Waals surface area contributed by atoms with Crippen molar-refractivity contribution in [2.24, 2.45) is 10.2 Å². The number of azo groups is 1. The number of aromatic amines is 1. The standard InChI is InChI=1S/C22H15BrN4O3/c23-15-9-10-18-17(12-15)19(22(30)25-18)26-27-21(29)14-7-4-8-16(11-14)24-20(28)13-5-2-1-3-6-13/h1-12,25,30H,(H,24,28). The molecule has 3 N–H and O–H groups in total. The van der Waals surface area contributed by atoms with Crippen LogP contribution in [0.3, 0.4) is 0 Å². The molecule has 3 aromatic carbocycles. The van der Waals surface area contributed by atoms with Crippen LogP contribution in [0.5, 0.6) is 5.88 Å². The van der Waals surface area contributed by atoms with Crippen LogP contribution in [0, 0.1) is 0 Å². The van der Waals surface area contributed by atoms with Crippen LogP contribution >= 0.6 is 15.9 Å². The molecule has 148 valence electrons. The zero-order valence-corrected chi connectivity index (χ0v) is 17.1. The van der Waals surface area contributed by atoms with E-state index >= 15 is 0 Å². The van der Waals surface area contributed by atoms with E-state index in [4.69, 9.17) is 0 Å². The van der Waals surface area contributed by atoms with Crippen molar-refractivity contribution in [2.75, 3.05) is 5.32 Å². The highest BCUT2D eigenvalue weighted by Gasteiger charge is 2.13. The van der Waals surface area contributed by atoms with Gasteiger partial charge in [0.1, 0.15) is 0 Å². The largest absolute Gasteiger partial charge is 0.493 e. The molecule has 0 unspecified atom stereocenters.